The van der Waals surface area contributed by atoms with E-state index in [2.05, 4.69) is 16.9 Å². The van der Waals surface area contributed by atoms with Gasteiger partial charge in [-0.3, -0.25) is 9.36 Å². The van der Waals surface area contributed by atoms with Gasteiger partial charge in [0.1, 0.15) is 29.0 Å². The Morgan fingerprint density at radius 2 is 1.64 bits per heavy atom. The number of benzene rings is 2. The van der Waals surface area contributed by atoms with E-state index in [0.717, 1.165) is 64.1 Å². The number of rotatable bonds is 3. The molecule has 4 nitrogen and oxygen atoms in total. The maximum Gasteiger partial charge on any atom is 0.255 e. The quantitative estimate of drug-likeness (QED) is 0.300. The molecule has 0 atom stereocenters. The lowest BCUT2D eigenvalue weighted by Gasteiger charge is -2.27. The highest BCUT2D eigenvalue weighted by Gasteiger charge is 2.22. The fourth-order valence-corrected chi connectivity index (χ4v) is 5.15. The fraction of sp³-hybridized carbons (Fsp3) is 0.259. The number of hydrogen-bond acceptors (Lipinski definition) is 4. The third kappa shape index (κ3) is 5.91. The van der Waals surface area contributed by atoms with E-state index in [1.165, 1.54) is 41.8 Å². The third-order valence-electron chi connectivity index (χ3n) is 6.03. The van der Waals surface area contributed by atoms with Crippen molar-refractivity contribution in [2.45, 2.75) is 25.7 Å². The smallest absolute Gasteiger partial charge is 0.255 e. The second-order valence-corrected chi connectivity index (χ2v) is 9.81. The number of likely N-dealkylation sites (tertiary alicyclic amines) is 1. The van der Waals surface area contributed by atoms with Gasteiger partial charge in [-0.1, -0.05) is 12.1 Å². The van der Waals surface area contributed by atoms with Gasteiger partial charge < -0.3 is 4.90 Å². The number of hydrogen-bond donors (Lipinski definition) is 0. The number of piperidine rings is 1. The molecule has 5 rings (SSSR count). The van der Waals surface area contributed by atoms with Crippen LogP contribution in [0.15, 0.2) is 65.7 Å². The second-order valence-electron chi connectivity index (χ2n) is 8.75. The Kier molecular flexibility index (Phi) is 8.01. The molecule has 0 amide bonds. The molecule has 2 aromatic carbocycles. The normalized spacial score (nSPS) is 14.4. The van der Waals surface area contributed by atoms with E-state index in [1.54, 1.807) is 19.2 Å². The number of pyridine rings is 1. The fourth-order valence-electron chi connectivity index (χ4n) is 4.03. The van der Waals surface area contributed by atoms with Crippen LogP contribution in [0.2, 0.25) is 0 Å². The number of nitrogens with zero attached hydrogens (tertiary/aromatic N) is 3. The molecular formula is C27H25F4N3OS. The molecule has 188 valence electrons. The lowest BCUT2D eigenvalue weighted by molar-refractivity contribution is 0.255. The highest BCUT2D eigenvalue weighted by atomic mass is 32.1. The lowest BCUT2D eigenvalue weighted by atomic mass is 9.98. The van der Waals surface area contributed by atoms with Crippen LogP contribution in [0.5, 0.6) is 0 Å². The van der Waals surface area contributed by atoms with Crippen molar-refractivity contribution in [2.75, 3.05) is 20.1 Å². The predicted octanol–water partition coefficient (Wildman–Crippen LogP) is 6.32. The molecule has 9 heteroatoms. The minimum Gasteiger partial charge on any atom is -0.306 e. The van der Waals surface area contributed by atoms with Crippen LogP contribution < -0.4 is 5.56 Å². The number of thiazole rings is 1. The van der Waals surface area contributed by atoms with E-state index in [4.69, 9.17) is 0 Å². The van der Waals surface area contributed by atoms with Crippen molar-refractivity contribution >= 4 is 11.3 Å². The summed E-state index contributed by atoms with van der Waals surface area (Å²) in [6.07, 6.45) is 5.29. The molecule has 0 saturated carbocycles. The minimum absolute atomic E-state index is 0.337. The van der Waals surface area contributed by atoms with Gasteiger partial charge in [0.25, 0.3) is 5.56 Å². The van der Waals surface area contributed by atoms with Crippen LogP contribution in [0.4, 0.5) is 17.6 Å². The molecule has 1 fully saturated rings. The summed E-state index contributed by atoms with van der Waals surface area (Å²) in [5.41, 5.74) is 0.385. The van der Waals surface area contributed by atoms with E-state index in [9.17, 15) is 22.4 Å². The van der Waals surface area contributed by atoms with Crippen LogP contribution >= 0.6 is 11.3 Å². The molecule has 2 aromatic heterocycles. The second kappa shape index (κ2) is 11.2. The summed E-state index contributed by atoms with van der Waals surface area (Å²) in [7, 11) is 2.12. The molecule has 36 heavy (non-hydrogen) atoms. The zero-order valence-electron chi connectivity index (χ0n) is 19.8. The average molecular weight is 516 g/mol. The maximum absolute atomic E-state index is 13.8. The summed E-state index contributed by atoms with van der Waals surface area (Å²) in [6, 6.07) is 10.1. The highest BCUT2D eigenvalue weighted by Crippen LogP contribution is 2.35. The molecule has 1 aliphatic rings. The molecule has 1 aliphatic heterocycles. The third-order valence-corrected chi connectivity index (χ3v) is 7.22. The van der Waals surface area contributed by atoms with Crippen LogP contribution in [0.3, 0.4) is 0 Å². The van der Waals surface area contributed by atoms with E-state index < -0.39 is 28.8 Å². The van der Waals surface area contributed by atoms with Gasteiger partial charge >= 0.3 is 0 Å². The zero-order valence-corrected chi connectivity index (χ0v) is 20.7. The van der Waals surface area contributed by atoms with Gasteiger partial charge in [-0.15, -0.1) is 11.3 Å². The van der Waals surface area contributed by atoms with E-state index in [0.29, 0.717) is 11.5 Å². The summed E-state index contributed by atoms with van der Waals surface area (Å²) in [6.45, 7) is 3.89. The summed E-state index contributed by atoms with van der Waals surface area (Å²) in [5, 5.41) is 1.07. The van der Waals surface area contributed by atoms with Crippen molar-refractivity contribution in [1.82, 2.24) is 14.5 Å². The Morgan fingerprint density at radius 1 is 0.944 bits per heavy atom. The monoisotopic (exact) mass is 515 g/mol. The SMILES string of the molecule is CN1CCC(c2ncc(-c3ccc(F)cc3F)s2)CC1.Cc1ccc(=O)n(-c2c(F)cccc2F)c1. The largest absolute Gasteiger partial charge is 0.306 e. The van der Waals surface area contributed by atoms with Crippen molar-refractivity contribution in [3.8, 4) is 16.1 Å². The summed E-state index contributed by atoms with van der Waals surface area (Å²) in [4.78, 5) is 19.0. The van der Waals surface area contributed by atoms with Crippen molar-refractivity contribution in [2.24, 2.45) is 0 Å². The number of aromatic nitrogens is 2. The Morgan fingerprint density at radius 3 is 2.31 bits per heavy atom. The van der Waals surface area contributed by atoms with Crippen molar-refractivity contribution in [3.05, 3.63) is 105 Å². The standard InChI is InChI=1S/C15H16F2N2S.C12H9F2NO/c1-19-6-4-10(5-7-19)15-18-9-14(20-15)12-3-2-11(16)8-13(12)17;1-8-5-6-11(16)15(7-8)12-9(13)3-2-4-10(12)14/h2-3,8-10H,4-7H2,1H3;2-7H,1H3. The van der Waals surface area contributed by atoms with E-state index >= 15 is 0 Å². The molecule has 0 unspecified atom stereocenters. The van der Waals surface area contributed by atoms with Gasteiger partial charge in [-0.25, -0.2) is 22.5 Å². The summed E-state index contributed by atoms with van der Waals surface area (Å²) in [5.74, 6) is -2.12. The van der Waals surface area contributed by atoms with Crippen LogP contribution in [0, 0.1) is 30.2 Å². The van der Waals surface area contributed by atoms with Gasteiger partial charge in [0, 0.05) is 36.0 Å². The van der Waals surface area contributed by atoms with Crippen LogP contribution in [0.25, 0.3) is 16.1 Å². The Balaban J connectivity index is 0.000000174. The van der Waals surface area contributed by atoms with Crippen molar-refractivity contribution in [1.29, 1.82) is 0 Å². The average Bonchev–Trinajstić information content (AvgIpc) is 3.32. The lowest BCUT2D eigenvalue weighted by Crippen LogP contribution is -2.29. The van der Waals surface area contributed by atoms with Crippen LogP contribution in [-0.2, 0) is 0 Å². The Labute approximate surface area is 210 Å². The molecule has 0 radical (unpaired) electrons. The summed E-state index contributed by atoms with van der Waals surface area (Å²) >= 11 is 1.52. The molecule has 1 saturated heterocycles. The first-order chi connectivity index (χ1) is 17.2. The molecule has 0 bridgehead atoms. The maximum atomic E-state index is 13.8. The zero-order chi connectivity index (χ0) is 25.8. The minimum atomic E-state index is -0.757. The van der Waals surface area contributed by atoms with Gasteiger partial charge in [0.15, 0.2) is 0 Å². The van der Waals surface area contributed by atoms with Crippen LogP contribution in [-0.4, -0.2) is 34.6 Å². The van der Waals surface area contributed by atoms with E-state index in [-0.39, 0.29) is 5.69 Å². The molecular weight excluding hydrogens is 490 g/mol. The van der Waals surface area contributed by atoms with Crippen molar-refractivity contribution in [3.63, 3.8) is 0 Å². The highest BCUT2D eigenvalue weighted by molar-refractivity contribution is 7.15. The number of aryl methyl sites for hydroxylation is 1. The molecule has 4 aromatic rings. The van der Waals surface area contributed by atoms with Gasteiger partial charge in [-0.05, 0) is 69.7 Å². The molecule has 0 aliphatic carbocycles. The van der Waals surface area contributed by atoms with E-state index in [1.807, 2.05) is 0 Å². The summed E-state index contributed by atoms with van der Waals surface area (Å²) < 4.78 is 54.6. The topological polar surface area (TPSA) is 38.1 Å². The molecule has 0 spiro atoms. The molecule has 3 heterocycles. The first-order valence-electron chi connectivity index (χ1n) is 11.5. The Hall–Kier alpha value is -3.30. The Bertz CT molecular complexity index is 1390. The predicted molar refractivity (Wildman–Crippen MR) is 134 cm³/mol. The van der Waals surface area contributed by atoms with Crippen molar-refractivity contribution < 1.29 is 17.6 Å². The first kappa shape index (κ1) is 25.8. The first-order valence-corrected chi connectivity index (χ1v) is 12.3. The molecule has 0 N–H and O–H groups in total. The van der Waals surface area contributed by atoms with Gasteiger partial charge in [0.2, 0.25) is 0 Å². The van der Waals surface area contributed by atoms with Gasteiger partial charge in [-0.2, -0.15) is 0 Å². The number of para-hydroxylation sites is 1. The van der Waals surface area contributed by atoms with Crippen LogP contribution in [0.1, 0.15) is 29.3 Å². The number of halogens is 4. The van der Waals surface area contributed by atoms with Gasteiger partial charge in [0.05, 0.1) is 9.88 Å².